The van der Waals surface area contributed by atoms with E-state index in [1.165, 1.54) is 12.1 Å². The highest BCUT2D eigenvalue weighted by Gasteiger charge is 2.38. The molecule has 0 radical (unpaired) electrons. The zero-order valence-corrected chi connectivity index (χ0v) is 13.6. The van der Waals surface area contributed by atoms with E-state index in [1.807, 2.05) is 24.3 Å². The monoisotopic (exact) mass is 362 g/mol. The molecule has 2 aromatic rings. The Morgan fingerprint density at radius 1 is 1.09 bits per heavy atom. The minimum absolute atomic E-state index is 0.0529. The smallest absolute Gasteiger partial charge is 0.197 e. The van der Waals surface area contributed by atoms with E-state index >= 15 is 0 Å². The number of ketones is 1. The van der Waals surface area contributed by atoms with Crippen LogP contribution in [0.25, 0.3) is 0 Å². The van der Waals surface area contributed by atoms with E-state index in [4.69, 9.17) is 0 Å². The molecule has 0 saturated heterocycles. The zero-order valence-electron chi connectivity index (χ0n) is 12.0. The van der Waals surface area contributed by atoms with Crippen molar-refractivity contribution in [2.75, 3.05) is 0 Å². The van der Waals surface area contributed by atoms with Gasteiger partial charge >= 0.3 is 0 Å². The Bertz CT molecular complexity index is 700. The summed E-state index contributed by atoms with van der Waals surface area (Å²) in [6.07, 6.45) is 1.87. The molecular formula is C18H16BrFO2. The van der Waals surface area contributed by atoms with Gasteiger partial charge in [0.1, 0.15) is 11.4 Å². The Labute approximate surface area is 137 Å². The van der Waals surface area contributed by atoms with Crippen LogP contribution in [-0.4, -0.2) is 16.5 Å². The van der Waals surface area contributed by atoms with E-state index in [1.54, 1.807) is 6.07 Å². The average molecular weight is 363 g/mol. The Hall–Kier alpha value is -1.52. The number of benzene rings is 2. The van der Waals surface area contributed by atoms with Gasteiger partial charge in [0.25, 0.3) is 0 Å². The van der Waals surface area contributed by atoms with Crippen LogP contribution in [-0.2, 0) is 12.8 Å². The van der Waals surface area contributed by atoms with Crippen molar-refractivity contribution in [3.05, 3.63) is 69.4 Å². The summed E-state index contributed by atoms with van der Waals surface area (Å²) in [5, 5.41) is 10.8. The quantitative estimate of drug-likeness (QED) is 0.645. The first-order valence-electron chi connectivity index (χ1n) is 7.29. The van der Waals surface area contributed by atoms with Crippen LogP contribution < -0.4 is 0 Å². The van der Waals surface area contributed by atoms with Gasteiger partial charge in [-0.25, -0.2) is 4.39 Å². The van der Waals surface area contributed by atoms with Crippen molar-refractivity contribution in [3.63, 3.8) is 0 Å². The van der Waals surface area contributed by atoms with Crippen LogP contribution >= 0.6 is 15.9 Å². The normalized spacial score (nSPS) is 16.7. The summed E-state index contributed by atoms with van der Waals surface area (Å²) < 4.78 is 14.6. The van der Waals surface area contributed by atoms with E-state index < -0.39 is 17.2 Å². The standard InChI is InChI=1S/C18H16BrFO2/c19-14-5-6-16(20)15(11-14)17(21)18(22)9-7-12-3-1-2-4-13(12)8-10-18/h1-6,11,22H,7-10H2. The van der Waals surface area contributed by atoms with Gasteiger partial charge in [-0.3, -0.25) is 4.79 Å². The van der Waals surface area contributed by atoms with Crippen molar-refractivity contribution in [1.29, 1.82) is 0 Å². The predicted octanol–water partition coefficient (Wildman–Crippen LogP) is 4.08. The topological polar surface area (TPSA) is 37.3 Å². The molecule has 4 heteroatoms. The lowest BCUT2D eigenvalue weighted by atomic mass is 9.85. The molecule has 0 fully saturated rings. The molecule has 0 saturated carbocycles. The molecule has 3 rings (SSSR count). The number of hydrogen-bond donors (Lipinski definition) is 1. The number of halogens is 2. The number of hydrogen-bond acceptors (Lipinski definition) is 2. The largest absolute Gasteiger partial charge is 0.382 e. The summed E-state index contributed by atoms with van der Waals surface area (Å²) in [4.78, 5) is 12.7. The SMILES string of the molecule is O=C(c1cc(Br)ccc1F)C1(O)CCc2ccccc2CC1. The summed E-state index contributed by atoms with van der Waals surface area (Å²) in [5.74, 6) is -1.12. The molecule has 1 N–H and O–H groups in total. The van der Waals surface area contributed by atoms with Crippen molar-refractivity contribution < 1.29 is 14.3 Å². The third-order valence-electron chi connectivity index (χ3n) is 4.33. The fraction of sp³-hybridized carbons (Fsp3) is 0.278. The third kappa shape index (κ3) is 2.85. The molecule has 114 valence electrons. The highest BCUT2D eigenvalue weighted by molar-refractivity contribution is 9.10. The van der Waals surface area contributed by atoms with Gasteiger partial charge in [0.2, 0.25) is 0 Å². The Morgan fingerprint density at radius 2 is 1.68 bits per heavy atom. The van der Waals surface area contributed by atoms with Crippen molar-refractivity contribution in [2.24, 2.45) is 0 Å². The second-order valence-electron chi connectivity index (χ2n) is 5.75. The third-order valence-corrected chi connectivity index (χ3v) is 4.82. The fourth-order valence-electron chi connectivity index (χ4n) is 3.00. The summed E-state index contributed by atoms with van der Waals surface area (Å²) >= 11 is 3.24. The molecule has 2 aromatic carbocycles. The van der Waals surface area contributed by atoms with E-state index in [9.17, 15) is 14.3 Å². The number of carbonyl (C=O) groups is 1. The van der Waals surface area contributed by atoms with Gasteiger partial charge in [-0.1, -0.05) is 40.2 Å². The molecule has 0 spiro atoms. The first-order chi connectivity index (χ1) is 10.5. The maximum atomic E-state index is 14.0. The van der Waals surface area contributed by atoms with Crippen molar-refractivity contribution in [3.8, 4) is 0 Å². The number of aliphatic hydroxyl groups is 1. The molecule has 0 amide bonds. The van der Waals surface area contributed by atoms with Crippen LogP contribution in [0.1, 0.15) is 34.3 Å². The highest BCUT2D eigenvalue weighted by atomic mass is 79.9. The van der Waals surface area contributed by atoms with Crippen molar-refractivity contribution in [2.45, 2.75) is 31.3 Å². The summed E-state index contributed by atoms with van der Waals surface area (Å²) in [7, 11) is 0. The lowest BCUT2D eigenvalue weighted by Gasteiger charge is -2.25. The first-order valence-corrected chi connectivity index (χ1v) is 8.08. The number of Topliss-reactive ketones (excluding diaryl/α,β-unsaturated/α-hetero) is 1. The molecule has 0 atom stereocenters. The van der Waals surface area contributed by atoms with Gasteiger partial charge in [-0.05, 0) is 55.0 Å². The van der Waals surface area contributed by atoms with Crippen LogP contribution in [0.5, 0.6) is 0 Å². The van der Waals surface area contributed by atoms with E-state index in [0.717, 1.165) is 11.1 Å². The molecule has 0 unspecified atom stereocenters. The maximum absolute atomic E-state index is 14.0. The molecule has 22 heavy (non-hydrogen) atoms. The van der Waals surface area contributed by atoms with Crippen LogP contribution in [0.4, 0.5) is 4.39 Å². The predicted molar refractivity (Wildman–Crippen MR) is 86.5 cm³/mol. The second-order valence-corrected chi connectivity index (χ2v) is 6.67. The van der Waals surface area contributed by atoms with Crippen LogP contribution in [0.2, 0.25) is 0 Å². The molecule has 0 heterocycles. The molecule has 0 aliphatic heterocycles. The zero-order chi connectivity index (χ0) is 15.7. The van der Waals surface area contributed by atoms with E-state index in [2.05, 4.69) is 15.9 Å². The first kappa shape index (κ1) is 15.4. The van der Waals surface area contributed by atoms with Gasteiger partial charge in [0.15, 0.2) is 5.78 Å². The number of aryl methyl sites for hydroxylation is 2. The Morgan fingerprint density at radius 3 is 2.27 bits per heavy atom. The Balaban J connectivity index is 1.91. The molecule has 1 aliphatic carbocycles. The van der Waals surface area contributed by atoms with Gasteiger partial charge in [0.05, 0.1) is 5.56 Å². The van der Waals surface area contributed by atoms with Crippen LogP contribution in [0.3, 0.4) is 0 Å². The van der Waals surface area contributed by atoms with Gasteiger partial charge in [0, 0.05) is 4.47 Å². The second kappa shape index (κ2) is 5.94. The minimum Gasteiger partial charge on any atom is -0.382 e. The maximum Gasteiger partial charge on any atom is 0.197 e. The molecule has 0 bridgehead atoms. The van der Waals surface area contributed by atoms with Crippen molar-refractivity contribution in [1.82, 2.24) is 0 Å². The molecular weight excluding hydrogens is 347 g/mol. The van der Waals surface area contributed by atoms with Crippen molar-refractivity contribution >= 4 is 21.7 Å². The Kier molecular flexibility index (Phi) is 4.15. The lowest BCUT2D eigenvalue weighted by Crippen LogP contribution is -2.39. The number of fused-ring (bicyclic) bond motifs is 1. The highest BCUT2D eigenvalue weighted by Crippen LogP contribution is 2.31. The van der Waals surface area contributed by atoms with Crippen LogP contribution in [0, 0.1) is 5.82 Å². The van der Waals surface area contributed by atoms with Gasteiger partial charge in [-0.2, -0.15) is 0 Å². The van der Waals surface area contributed by atoms with E-state index in [-0.39, 0.29) is 5.56 Å². The molecule has 1 aliphatic rings. The minimum atomic E-state index is -1.51. The number of carbonyl (C=O) groups excluding carboxylic acids is 1. The van der Waals surface area contributed by atoms with E-state index in [0.29, 0.717) is 30.2 Å². The van der Waals surface area contributed by atoms with Gasteiger partial charge in [-0.15, -0.1) is 0 Å². The summed E-state index contributed by atoms with van der Waals surface area (Å²) in [5.41, 5.74) is 0.741. The summed E-state index contributed by atoms with van der Waals surface area (Å²) in [6.45, 7) is 0. The van der Waals surface area contributed by atoms with Gasteiger partial charge < -0.3 is 5.11 Å². The lowest BCUT2D eigenvalue weighted by molar-refractivity contribution is 0.0238. The average Bonchev–Trinajstić information content (AvgIpc) is 2.70. The molecule has 0 aromatic heterocycles. The van der Waals surface area contributed by atoms with Crippen LogP contribution in [0.15, 0.2) is 46.9 Å². The molecule has 2 nitrogen and oxygen atoms in total. The summed E-state index contributed by atoms with van der Waals surface area (Å²) in [6, 6.07) is 12.2. The number of rotatable bonds is 2. The fourth-order valence-corrected chi connectivity index (χ4v) is 3.36.